The van der Waals surface area contributed by atoms with Gasteiger partial charge in [-0.05, 0) is 12.8 Å². The van der Waals surface area contributed by atoms with Crippen LogP contribution >= 0.6 is 0 Å². The lowest BCUT2D eigenvalue weighted by atomic mass is 10.2. The highest BCUT2D eigenvalue weighted by Gasteiger charge is 2.16. The van der Waals surface area contributed by atoms with E-state index in [0.717, 1.165) is 30.8 Å². The van der Waals surface area contributed by atoms with Gasteiger partial charge in [0.05, 0.1) is 0 Å². The van der Waals surface area contributed by atoms with Crippen molar-refractivity contribution in [1.82, 2.24) is 15.3 Å². The summed E-state index contributed by atoms with van der Waals surface area (Å²) >= 11 is 0. The number of hydrogen-bond acceptors (Lipinski definition) is 3. The first kappa shape index (κ1) is 11.8. The molecule has 0 spiro atoms. The molecule has 0 aromatic heterocycles. The molecule has 0 unspecified atom stereocenters. The molecule has 0 aromatic carbocycles. The molecule has 2 N–H and O–H groups in total. The molecular formula is C9H17N3O3. The number of carbonyl (C=O) groups excluding carboxylic acids is 1. The Kier molecular flexibility index (Phi) is 4.36. The average molecular weight is 215 g/mol. The van der Waals surface area contributed by atoms with Crippen LogP contribution < -0.4 is 5.43 Å². The fourth-order valence-corrected chi connectivity index (χ4v) is 1.50. The van der Waals surface area contributed by atoms with Crippen LogP contribution in [0.3, 0.4) is 0 Å². The number of likely N-dealkylation sites (N-methyl/N-ethyl adjacent to an activating group) is 1. The molecule has 15 heavy (non-hydrogen) atoms. The molecule has 0 bridgehead atoms. The van der Waals surface area contributed by atoms with Crippen LogP contribution in [-0.4, -0.2) is 53.7 Å². The highest BCUT2D eigenvalue weighted by Crippen LogP contribution is 2.05. The number of carboxylic acids is 1. The normalized spacial score (nSPS) is 17.1. The third kappa shape index (κ3) is 4.16. The van der Waals surface area contributed by atoms with Crippen molar-refractivity contribution in [2.45, 2.75) is 19.3 Å². The van der Waals surface area contributed by atoms with Gasteiger partial charge >= 0.3 is 12.0 Å². The number of carbonyl (C=O) groups is 2. The number of nitrogens with zero attached hydrogens (tertiary/aromatic N) is 2. The fourth-order valence-electron chi connectivity index (χ4n) is 1.50. The van der Waals surface area contributed by atoms with Crippen LogP contribution in [0.2, 0.25) is 0 Å². The molecule has 0 saturated carbocycles. The van der Waals surface area contributed by atoms with Crippen molar-refractivity contribution >= 4 is 12.0 Å². The van der Waals surface area contributed by atoms with E-state index in [1.165, 1.54) is 13.5 Å². The summed E-state index contributed by atoms with van der Waals surface area (Å²) in [4.78, 5) is 23.0. The van der Waals surface area contributed by atoms with Crippen molar-refractivity contribution in [3.63, 3.8) is 0 Å². The number of amides is 2. The van der Waals surface area contributed by atoms with E-state index in [1.807, 2.05) is 5.01 Å². The van der Waals surface area contributed by atoms with Crippen molar-refractivity contribution in [2.75, 3.05) is 26.7 Å². The minimum Gasteiger partial charge on any atom is -0.480 e. The lowest BCUT2D eigenvalue weighted by Gasteiger charge is -2.28. The van der Waals surface area contributed by atoms with E-state index in [4.69, 9.17) is 5.11 Å². The van der Waals surface area contributed by atoms with E-state index in [9.17, 15) is 9.59 Å². The van der Waals surface area contributed by atoms with Crippen molar-refractivity contribution in [3.8, 4) is 0 Å². The zero-order chi connectivity index (χ0) is 11.3. The van der Waals surface area contributed by atoms with Crippen molar-refractivity contribution in [2.24, 2.45) is 0 Å². The summed E-state index contributed by atoms with van der Waals surface area (Å²) in [5.74, 6) is -1.01. The Hall–Kier alpha value is -1.30. The Morgan fingerprint density at radius 1 is 1.33 bits per heavy atom. The first-order valence-electron chi connectivity index (χ1n) is 5.08. The quantitative estimate of drug-likeness (QED) is 0.701. The minimum atomic E-state index is -1.01. The first-order valence-corrected chi connectivity index (χ1v) is 5.08. The number of nitrogens with one attached hydrogen (secondary N) is 1. The van der Waals surface area contributed by atoms with E-state index in [-0.39, 0.29) is 12.6 Å². The minimum absolute atomic E-state index is 0.278. The van der Waals surface area contributed by atoms with E-state index >= 15 is 0 Å². The smallest absolute Gasteiger partial charge is 0.332 e. The second-order valence-corrected chi connectivity index (χ2v) is 3.71. The fraction of sp³-hybridized carbons (Fsp3) is 0.778. The molecule has 1 aliphatic rings. The molecule has 1 fully saturated rings. The van der Waals surface area contributed by atoms with Gasteiger partial charge in [0.25, 0.3) is 0 Å². The van der Waals surface area contributed by atoms with Crippen LogP contribution in [0.15, 0.2) is 0 Å². The monoisotopic (exact) mass is 215 g/mol. The number of carboxylic acid groups (broad SMARTS) is 1. The van der Waals surface area contributed by atoms with E-state index in [1.54, 1.807) is 0 Å². The summed E-state index contributed by atoms with van der Waals surface area (Å²) in [6.07, 6.45) is 3.34. The Morgan fingerprint density at radius 2 is 1.93 bits per heavy atom. The molecule has 1 rings (SSSR count). The summed E-state index contributed by atoms with van der Waals surface area (Å²) < 4.78 is 0. The molecule has 2 amide bonds. The van der Waals surface area contributed by atoms with Gasteiger partial charge in [0.1, 0.15) is 6.54 Å². The predicted octanol–water partition coefficient (Wildman–Crippen LogP) is 0.113. The van der Waals surface area contributed by atoms with Gasteiger partial charge in [-0.15, -0.1) is 0 Å². The number of rotatable bonds is 3. The summed E-state index contributed by atoms with van der Waals surface area (Å²) in [5, 5.41) is 10.3. The Balaban J connectivity index is 2.30. The molecule has 0 radical (unpaired) electrons. The molecule has 6 nitrogen and oxygen atoms in total. The van der Waals surface area contributed by atoms with Crippen LogP contribution in [-0.2, 0) is 4.79 Å². The number of piperidine rings is 1. The van der Waals surface area contributed by atoms with E-state index in [0.29, 0.717) is 0 Å². The molecule has 0 aromatic rings. The molecular weight excluding hydrogens is 198 g/mol. The standard InChI is InChI=1S/C9H17N3O3/c1-11(7-8(13)14)9(15)10-12-5-3-2-4-6-12/h2-7H2,1H3,(H,10,15)(H,13,14). The number of aliphatic carboxylic acids is 1. The van der Waals surface area contributed by atoms with Gasteiger partial charge in [-0.2, -0.15) is 0 Å². The van der Waals surface area contributed by atoms with Crippen molar-refractivity contribution < 1.29 is 14.7 Å². The van der Waals surface area contributed by atoms with Gasteiger partial charge in [0.15, 0.2) is 0 Å². The Labute approximate surface area is 88.8 Å². The highest BCUT2D eigenvalue weighted by atomic mass is 16.4. The lowest BCUT2D eigenvalue weighted by Crippen LogP contribution is -2.50. The summed E-state index contributed by atoms with van der Waals surface area (Å²) in [5.41, 5.74) is 2.68. The summed E-state index contributed by atoms with van der Waals surface area (Å²) in [6.45, 7) is 1.40. The average Bonchev–Trinajstić information content (AvgIpc) is 2.18. The molecule has 1 saturated heterocycles. The van der Waals surface area contributed by atoms with Gasteiger partial charge in [-0.1, -0.05) is 6.42 Å². The van der Waals surface area contributed by atoms with Gasteiger partial charge in [-0.25, -0.2) is 9.80 Å². The van der Waals surface area contributed by atoms with Crippen molar-refractivity contribution in [3.05, 3.63) is 0 Å². The summed E-state index contributed by atoms with van der Waals surface area (Å²) in [7, 11) is 1.47. The number of hydrogen-bond donors (Lipinski definition) is 2. The van der Waals surface area contributed by atoms with Crippen LogP contribution in [0.25, 0.3) is 0 Å². The van der Waals surface area contributed by atoms with Crippen molar-refractivity contribution in [1.29, 1.82) is 0 Å². The maximum atomic E-state index is 11.5. The van der Waals surface area contributed by atoms with Crippen LogP contribution in [0, 0.1) is 0 Å². The molecule has 1 heterocycles. The lowest BCUT2D eigenvalue weighted by molar-refractivity contribution is -0.137. The zero-order valence-electron chi connectivity index (χ0n) is 8.90. The van der Waals surface area contributed by atoms with Crippen LogP contribution in [0.4, 0.5) is 4.79 Å². The number of hydrazine groups is 1. The zero-order valence-corrected chi connectivity index (χ0v) is 8.90. The Bertz CT molecular complexity index is 239. The first-order chi connectivity index (χ1) is 7.09. The van der Waals surface area contributed by atoms with Gasteiger partial charge in [-0.3, -0.25) is 10.2 Å². The second-order valence-electron chi connectivity index (χ2n) is 3.71. The third-order valence-corrected chi connectivity index (χ3v) is 2.33. The SMILES string of the molecule is CN(CC(=O)O)C(=O)NN1CCCCC1. The third-order valence-electron chi connectivity index (χ3n) is 2.33. The predicted molar refractivity (Wildman–Crippen MR) is 54.2 cm³/mol. The molecule has 86 valence electrons. The van der Waals surface area contributed by atoms with Gasteiger partial charge < -0.3 is 10.0 Å². The van der Waals surface area contributed by atoms with Gasteiger partial charge in [0.2, 0.25) is 0 Å². The maximum absolute atomic E-state index is 11.5. The molecule has 1 aliphatic heterocycles. The second kappa shape index (κ2) is 5.55. The Morgan fingerprint density at radius 3 is 2.47 bits per heavy atom. The van der Waals surface area contributed by atoms with Gasteiger partial charge in [0, 0.05) is 20.1 Å². The van der Waals surface area contributed by atoms with Crippen LogP contribution in [0.5, 0.6) is 0 Å². The highest BCUT2D eigenvalue weighted by molar-refractivity contribution is 5.79. The molecule has 6 heteroatoms. The summed E-state index contributed by atoms with van der Waals surface area (Å²) in [6, 6.07) is -0.362. The van der Waals surface area contributed by atoms with Crippen LogP contribution in [0.1, 0.15) is 19.3 Å². The topological polar surface area (TPSA) is 72.9 Å². The largest absolute Gasteiger partial charge is 0.480 e. The maximum Gasteiger partial charge on any atom is 0.332 e. The van der Waals surface area contributed by atoms with E-state index < -0.39 is 5.97 Å². The molecule has 0 aliphatic carbocycles. The number of urea groups is 1. The van der Waals surface area contributed by atoms with E-state index in [2.05, 4.69) is 5.43 Å². The molecule has 0 atom stereocenters.